The predicted octanol–water partition coefficient (Wildman–Crippen LogP) is 5.08. The van der Waals surface area contributed by atoms with E-state index in [2.05, 4.69) is 15.9 Å². The molecule has 2 aromatic rings. The van der Waals surface area contributed by atoms with Crippen molar-refractivity contribution < 1.29 is 13.9 Å². The Morgan fingerprint density at radius 1 is 1.10 bits per heavy atom. The molecule has 1 aliphatic carbocycles. The van der Waals surface area contributed by atoms with Gasteiger partial charge >= 0.3 is 0 Å². The van der Waals surface area contributed by atoms with Crippen molar-refractivity contribution in [2.75, 3.05) is 0 Å². The zero-order valence-corrected chi connectivity index (χ0v) is 13.0. The summed E-state index contributed by atoms with van der Waals surface area (Å²) in [5, 5.41) is 9.39. The zero-order chi connectivity index (χ0) is 15.1. The molecule has 1 N–H and O–H groups in total. The number of hydrogen-bond acceptors (Lipinski definition) is 1. The van der Waals surface area contributed by atoms with Gasteiger partial charge in [0.05, 0.1) is 0 Å². The van der Waals surface area contributed by atoms with Gasteiger partial charge in [-0.25, -0.2) is 8.78 Å². The molecule has 0 aliphatic heterocycles. The molecule has 108 valence electrons. The van der Waals surface area contributed by atoms with Gasteiger partial charge in [-0.05, 0) is 60.2 Å². The summed E-state index contributed by atoms with van der Waals surface area (Å²) < 4.78 is 29.2. The van der Waals surface area contributed by atoms with Crippen molar-refractivity contribution in [3.8, 4) is 5.75 Å². The maximum atomic E-state index is 14.3. The van der Waals surface area contributed by atoms with Crippen LogP contribution < -0.4 is 0 Å². The van der Waals surface area contributed by atoms with Gasteiger partial charge in [0.1, 0.15) is 17.4 Å². The Balaban J connectivity index is 2.25. The molecule has 1 aliphatic rings. The van der Waals surface area contributed by atoms with Gasteiger partial charge in [0, 0.05) is 10.0 Å². The van der Waals surface area contributed by atoms with Crippen LogP contribution in [0.3, 0.4) is 0 Å². The quantitative estimate of drug-likeness (QED) is 0.760. The van der Waals surface area contributed by atoms with E-state index in [1.165, 1.54) is 13.0 Å². The third-order valence-electron chi connectivity index (χ3n) is 3.84. The van der Waals surface area contributed by atoms with Crippen LogP contribution in [0.5, 0.6) is 5.75 Å². The first-order valence-electron chi connectivity index (χ1n) is 6.65. The molecule has 0 spiro atoms. The Kier molecular flexibility index (Phi) is 3.57. The topological polar surface area (TPSA) is 20.2 Å². The highest BCUT2D eigenvalue weighted by Crippen LogP contribution is 2.41. The molecule has 0 unspecified atom stereocenters. The highest BCUT2D eigenvalue weighted by molar-refractivity contribution is 9.11. The van der Waals surface area contributed by atoms with E-state index in [4.69, 9.17) is 0 Å². The second kappa shape index (κ2) is 5.26. The Bertz CT molecular complexity index is 748. The number of phenolic OH excluding ortho intramolecular Hbond substituents is 1. The predicted molar refractivity (Wildman–Crippen MR) is 82.5 cm³/mol. The van der Waals surface area contributed by atoms with E-state index in [0.29, 0.717) is 24.0 Å². The van der Waals surface area contributed by atoms with Crippen LogP contribution in [0.25, 0.3) is 5.57 Å². The van der Waals surface area contributed by atoms with Crippen LogP contribution in [0.4, 0.5) is 8.78 Å². The SMILES string of the molecule is Cc1c(F)cc2c(c1F)CCC(Br)=C2c1ccc(O)cc1. The van der Waals surface area contributed by atoms with Crippen LogP contribution in [0, 0.1) is 18.6 Å². The normalized spacial score (nSPS) is 14.3. The van der Waals surface area contributed by atoms with Crippen LogP contribution in [0.15, 0.2) is 34.8 Å². The molecule has 0 radical (unpaired) electrons. The summed E-state index contributed by atoms with van der Waals surface area (Å²) in [5.41, 5.74) is 2.81. The van der Waals surface area contributed by atoms with Crippen molar-refractivity contribution in [1.82, 2.24) is 0 Å². The van der Waals surface area contributed by atoms with E-state index >= 15 is 0 Å². The molecule has 0 amide bonds. The number of allylic oxidation sites excluding steroid dienone is 1. The molecular weight excluding hydrogens is 338 g/mol. The zero-order valence-electron chi connectivity index (χ0n) is 11.4. The molecule has 0 saturated heterocycles. The molecular formula is C17H13BrF2O. The molecule has 0 fully saturated rings. The van der Waals surface area contributed by atoms with Crippen molar-refractivity contribution in [3.63, 3.8) is 0 Å². The lowest BCUT2D eigenvalue weighted by molar-refractivity contribution is 0.475. The molecule has 0 atom stereocenters. The Morgan fingerprint density at radius 3 is 2.43 bits per heavy atom. The average molecular weight is 351 g/mol. The third kappa shape index (κ3) is 2.38. The molecule has 4 heteroatoms. The average Bonchev–Trinajstić information content (AvgIpc) is 2.46. The Morgan fingerprint density at radius 2 is 1.76 bits per heavy atom. The first-order chi connectivity index (χ1) is 9.99. The van der Waals surface area contributed by atoms with Crippen molar-refractivity contribution in [3.05, 3.63) is 68.7 Å². The van der Waals surface area contributed by atoms with E-state index in [1.54, 1.807) is 24.3 Å². The highest BCUT2D eigenvalue weighted by atomic mass is 79.9. The Hall–Kier alpha value is -1.68. The maximum absolute atomic E-state index is 14.3. The summed E-state index contributed by atoms with van der Waals surface area (Å²) in [6, 6.07) is 8.03. The van der Waals surface area contributed by atoms with Gasteiger partial charge in [0.25, 0.3) is 0 Å². The number of hydrogen-bond donors (Lipinski definition) is 1. The monoisotopic (exact) mass is 350 g/mol. The maximum Gasteiger partial charge on any atom is 0.132 e. The van der Waals surface area contributed by atoms with Crippen LogP contribution in [0.2, 0.25) is 0 Å². The van der Waals surface area contributed by atoms with Crippen LogP contribution in [-0.2, 0) is 6.42 Å². The van der Waals surface area contributed by atoms with Crippen molar-refractivity contribution in [2.24, 2.45) is 0 Å². The van der Waals surface area contributed by atoms with E-state index in [1.807, 2.05) is 0 Å². The second-order valence-electron chi connectivity index (χ2n) is 5.15. The minimum Gasteiger partial charge on any atom is -0.508 e. The summed E-state index contributed by atoms with van der Waals surface area (Å²) in [5.74, 6) is -0.834. The van der Waals surface area contributed by atoms with Gasteiger partial charge in [-0.15, -0.1) is 0 Å². The molecule has 2 aromatic carbocycles. The molecule has 21 heavy (non-hydrogen) atoms. The summed E-state index contributed by atoms with van der Waals surface area (Å²) >= 11 is 3.52. The van der Waals surface area contributed by atoms with E-state index < -0.39 is 11.6 Å². The lowest BCUT2D eigenvalue weighted by atomic mass is 9.85. The second-order valence-corrected chi connectivity index (χ2v) is 6.11. The summed E-state index contributed by atoms with van der Waals surface area (Å²) in [4.78, 5) is 0. The number of aromatic hydroxyl groups is 1. The number of benzene rings is 2. The number of rotatable bonds is 1. The third-order valence-corrected chi connectivity index (χ3v) is 4.63. The van der Waals surface area contributed by atoms with Gasteiger partial charge in [-0.2, -0.15) is 0 Å². The minimum atomic E-state index is -0.537. The molecule has 3 rings (SSSR count). The number of fused-ring (bicyclic) bond motifs is 1. The summed E-state index contributed by atoms with van der Waals surface area (Å²) in [7, 11) is 0. The van der Waals surface area contributed by atoms with E-state index in [0.717, 1.165) is 15.6 Å². The minimum absolute atomic E-state index is 0.0665. The largest absolute Gasteiger partial charge is 0.508 e. The van der Waals surface area contributed by atoms with Crippen molar-refractivity contribution in [1.29, 1.82) is 0 Å². The molecule has 0 aromatic heterocycles. The summed E-state index contributed by atoms with van der Waals surface area (Å²) in [6.07, 6.45) is 1.22. The molecule has 0 bridgehead atoms. The summed E-state index contributed by atoms with van der Waals surface area (Å²) in [6.45, 7) is 1.46. The van der Waals surface area contributed by atoms with E-state index in [-0.39, 0.29) is 11.3 Å². The van der Waals surface area contributed by atoms with Crippen LogP contribution >= 0.6 is 15.9 Å². The fraction of sp³-hybridized carbons (Fsp3) is 0.176. The number of halogens is 3. The number of phenols is 1. The lowest BCUT2D eigenvalue weighted by Crippen LogP contribution is -2.09. The van der Waals surface area contributed by atoms with Gasteiger partial charge in [-0.3, -0.25) is 0 Å². The van der Waals surface area contributed by atoms with Gasteiger partial charge < -0.3 is 5.11 Å². The molecule has 0 saturated carbocycles. The van der Waals surface area contributed by atoms with Crippen molar-refractivity contribution in [2.45, 2.75) is 19.8 Å². The lowest BCUT2D eigenvalue weighted by Gasteiger charge is -2.22. The Labute approximate surface area is 130 Å². The van der Waals surface area contributed by atoms with Crippen molar-refractivity contribution >= 4 is 21.5 Å². The molecule has 0 heterocycles. The fourth-order valence-electron chi connectivity index (χ4n) is 2.69. The first-order valence-corrected chi connectivity index (χ1v) is 7.44. The first kappa shape index (κ1) is 14.3. The standard InChI is InChI=1S/C17H13BrF2O/c1-9-15(19)8-13-12(17(9)20)6-7-14(18)16(13)10-2-4-11(21)5-3-10/h2-5,8,21H,6-7H2,1H3. The smallest absolute Gasteiger partial charge is 0.132 e. The van der Waals surface area contributed by atoms with Crippen LogP contribution in [-0.4, -0.2) is 5.11 Å². The van der Waals surface area contributed by atoms with Gasteiger partial charge in [0.2, 0.25) is 0 Å². The fourth-order valence-corrected chi connectivity index (χ4v) is 3.33. The molecule has 1 nitrogen and oxygen atoms in total. The van der Waals surface area contributed by atoms with Gasteiger partial charge in [0.15, 0.2) is 0 Å². The highest BCUT2D eigenvalue weighted by Gasteiger charge is 2.24. The van der Waals surface area contributed by atoms with E-state index in [9.17, 15) is 13.9 Å². The van der Waals surface area contributed by atoms with Gasteiger partial charge in [-0.1, -0.05) is 28.1 Å². The van der Waals surface area contributed by atoms with Crippen LogP contribution in [0.1, 0.15) is 28.7 Å².